The molecule has 2 heterocycles. The van der Waals surface area contributed by atoms with Gasteiger partial charge in [-0.1, -0.05) is 24.6 Å². The first-order valence-electron chi connectivity index (χ1n) is 10.1. The van der Waals surface area contributed by atoms with Crippen LogP contribution >= 0.6 is 0 Å². The van der Waals surface area contributed by atoms with Crippen molar-refractivity contribution in [2.45, 2.75) is 53.0 Å². The van der Waals surface area contributed by atoms with E-state index in [2.05, 4.69) is 44.7 Å². The minimum atomic E-state index is -0.0239. The summed E-state index contributed by atoms with van der Waals surface area (Å²) in [6, 6.07) is 4.79. The average molecular weight is 380 g/mol. The van der Waals surface area contributed by atoms with E-state index in [1.54, 1.807) is 9.25 Å². The standard InChI is InChI=1S/C22H29N5O/c1-7-10-27(16-8-9-16)22-23-20-18(21(28)25(22)5)19(24-26(20)6)17-14(3)11-13(2)12-15(17)4/h11-12,16H,7-10H2,1-6H3. The molecule has 0 atom stereocenters. The van der Waals surface area contributed by atoms with Crippen molar-refractivity contribution in [1.29, 1.82) is 0 Å². The van der Waals surface area contributed by atoms with Crippen molar-refractivity contribution in [1.82, 2.24) is 19.3 Å². The fourth-order valence-electron chi connectivity index (χ4n) is 4.33. The van der Waals surface area contributed by atoms with Crippen LogP contribution in [0.2, 0.25) is 0 Å². The summed E-state index contributed by atoms with van der Waals surface area (Å²) >= 11 is 0. The van der Waals surface area contributed by atoms with E-state index in [4.69, 9.17) is 10.1 Å². The van der Waals surface area contributed by atoms with Gasteiger partial charge in [-0.2, -0.15) is 10.1 Å². The predicted octanol–water partition coefficient (Wildman–Crippen LogP) is 3.64. The van der Waals surface area contributed by atoms with E-state index in [0.29, 0.717) is 17.1 Å². The van der Waals surface area contributed by atoms with Crippen molar-refractivity contribution in [2.75, 3.05) is 11.4 Å². The minimum absolute atomic E-state index is 0.0239. The number of rotatable bonds is 5. The van der Waals surface area contributed by atoms with Crippen LogP contribution < -0.4 is 10.5 Å². The number of nitrogens with zero attached hydrogens (tertiary/aromatic N) is 5. The van der Waals surface area contributed by atoms with Crippen LogP contribution in [0.3, 0.4) is 0 Å². The molecule has 6 heteroatoms. The summed E-state index contributed by atoms with van der Waals surface area (Å²) in [6.07, 6.45) is 3.38. The van der Waals surface area contributed by atoms with Gasteiger partial charge in [-0.3, -0.25) is 9.36 Å². The highest BCUT2D eigenvalue weighted by Crippen LogP contribution is 2.34. The first-order valence-corrected chi connectivity index (χ1v) is 10.1. The third kappa shape index (κ3) is 2.91. The summed E-state index contributed by atoms with van der Waals surface area (Å²) in [5.74, 6) is 0.758. The molecule has 1 saturated carbocycles. The summed E-state index contributed by atoms with van der Waals surface area (Å²) in [5.41, 5.74) is 5.89. The maximum Gasteiger partial charge on any atom is 0.266 e. The molecule has 0 unspecified atom stereocenters. The number of aryl methyl sites for hydroxylation is 4. The molecule has 1 aliphatic carbocycles. The quantitative estimate of drug-likeness (QED) is 0.679. The molecule has 0 bridgehead atoms. The lowest BCUT2D eigenvalue weighted by atomic mass is 9.96. The van der Waals surface area contributed by atoms with Crippen molar-refractivity contribution in [3.05, 3.63) is 39.2 Å². The molecule has 148 valence electrons. The van der Waals surface area contributed by atoms with Gasteiger partial charge in [0, 0.05) is 32.2 Å². The van der Waals surface area contributed by atoms with Crippen LogP contribution in [0.5, 0.6) is 0 Å². The van der Waals surface area contributed by atoms with Gasteiger partial charge in [0.1, 0.15) is 11.1 Å². The Balaban J connectivity index is 1.98. The third-order valence-electron chi connectivity index (χ3n) is 5.66. The second-order valence-electron chi connectivity index (χ2n) is 8.15. The molecule has 0 radical (unpaired) electrons. The molecule has 0 N–H and O–H groups in total. The first-order chi connectivity index (χ1) is 13.3. The number of benzene rings is 1. The topological polar surface area (TPSA) is 56.0 Å². The Bertz CT molecular complexity index is 1100. The maximum absolute atomic E-state index is 13.4. The molecule has 4 rings (SSSR count). The highest BCUT2D eigenvalue weighted by molar-refractivity contribution is 5.93. The van der Waals surface area contributed by atoms with Crippen molar-refractivity contribution in [2.24, 2.45) is 14.1 Å². The highest BCUT2D eigenvalue weighted by Gasteiger charge is 2.32. The Hall–Kier alpha value is -2.63. The number of anilines is 1. The monoisotopic (exact) mass is 379 g/mol. The van der Waals surface area contributed by atoms with E-state index >= 15 is 0 Å². The summed E-state index contributed by atoms with van der Waals surface area (Å²) in [7, 11) is 3.71. The van der Waals surface area contributed by atoms with E-state index in [1.807, 2.05) is 14.1 Å². The number of hydrogen-bond donors (Lipinski definition) is 0. The van der Waals surface area contributed by atoms with Gasteiger partial charge in [-0.05, 0) is 51.2 Å². The second kappa shape index (κ2) is 6.76. The summed E-state index contributed by atoms with van der Waals surface area (Å²) in [5, 5.41) is 5.35. The molecule has 0 saturated heterocycles. The van der Waals surface area contributed by atoms with Crippen LogP contribution in [0.25, 0.3) is 22.3 Å². The normalized spacial score (nSPS) is 14.1. The van der Waals surface area contributed by atoms with Crippen LogP contribution in [0.15, 0.2) is 16.9 Å². The van der Waals surface area contributed by atoms with E-state index in [0.717, 1.165) is 41.3 Å². The maximum atomic E-state index is 13.4. The lowest BCUT2D eigenvalue weighted by molar-refractivity contribution is 0.688. The highest BCUT2D eigenvalue weighted by atomic mass is 16.1. The predicted molar refractivity (Wildman–Crippen MR) is 114 cm³/mol. The lowest BCUT2D eigenvalue weighted by Crippen LogP contribution is -2.34. The summed E-state index contributed by atoms with van der Waals surface area (Å²) in [4.78, 5) is 20.7. The Morgan fingerprint density at radius 1 is 1.14 bits per heavy atom. The zero-order valence-corrected chi connectivity index (χ0v) is 17.7. The molecule has 6 nitrogen and oxygen atoms in total. The molecule has 28 heavy (non-hydrogen) atoms. The molecule has 3 aromatic rings. The number of aromatic nitrogens is 4. The van der Waals surface area contributed by atoms with Crippen LogP contribution in [0, 0.1) is 20.8 Å². The molecule has 1 aromatic carbocycles. The molecule has 1 aliphatic rings. The van der Waals surface area contributed by atoms with Crippen LogP contribution in [0.4, 0.5) is 5.95 Å². The van der Waals surface area contributed by atoms with E-state index < -0.39 is 0 Å². The lowest BCUT2D eigenvalue weighted by Gasteiger charge is -2.24. The zero-order chi connectivity index (χ0) is 20.2. The fourth-order valence-corrected chi connectivity index (χ4v) is 4.33. The Morgan fingerprint density at radius 2 is 1.79 bits per heavy atom. The molecule has 0 aliphatic heterocycles. The van der Waals surface area contributed by atoms with Gasteiger partial charge in [0.15, 0.2) is 5.65 Å². The van der Waals surface area contributed by atoms with Gasteiger partial charge < -0.3 is 4.90 Å². The zero-order valence-electron chi connectivity index (χ0n) is 17.7. The molecule has 0 amide bonds. The summed E-state index contributed by atoms with van der Waals surface area (Å²) < 4.78 is 3.46. The smallest absolute Gasteiger partial charge is 0.266 e. The Kier molecular flexibility index (Phi) is 4.52. The van der Waals surface area contributed by atoms with Crippen LogP contribution in [-0.2, 0) is 14.1 Å². The fraction of sp³-hybridized carbons (Fsp3) is 0.500. The average Bonchev–Trinajstić information content (AvgIpc) is 3.40. The van der Waals surface area contributed by atoms with Crippen molar-refractivity contribution in [3.63, 3.8) is 0 Å². The third-order valence-corrected chi connectivity index (χ3v) is 5.66. The van der Waals surface area contributed by atoms with Crippen molar-refractivity contribution >= 4 is 17.0 Å². The molecular formula is C22H29N5O. The Morgan fingerprint density at radius 3 is 2.36 bits per heavy atom. The largest absolute Gasteiger partial charge is 0.339 e. The van der Waals surface area contributed by atoms with Crippen LogP contribution in [-0.4, -0.2) is 31.9 Å². The van der Waals surface area contributed by atoms with Gasteiger partial charge >= 0.3 is 0 Å². The van der Waals surface area contributed by atoms with Crippen molar-refractivity contribution < 1.29 is 0 Å². The van der Waals surface area contributed by atoms with Gasteiger partial charge in [-0.25, -0.2) is 4.68 Å². The van der Waals surface area contributed by atoms with E-state index in [1.165, 1.54) is 18.4 Å². The second-order valence-corrected chi connectivity index (χ2v) is 8.15. The van der Waals surface area contributed by atoms with Crippen LogP contribution in [0.1, 0.15) is 42.9 Å². The van der Waals surface area contributed by atoms with E-state index in [9.17, 15) is 4.79 Å². The Labute approximate surface area is 165 Å². The molecule has 0 spiro atoms. The van der Waals surface area contributed by atoms with Gasteiger partial charge in [0.25, 0.3) is 5.56 Å². The number of hydrogen-bond acceptors (Lipinski definition) is 4. The van der Waals surface area contributed by atoms with E-state index in [-0.39, 0.29) is 5.56 Å². The first kappa shape index (κ1) is 18.7. The van der Waals surface area contributed by atoms with Crippen molar-refractivity contribution in [3.8, 4) is 11.3 Å². The van der Waals surface area contributed by atoms with Gasteiger partial charge in [-0.15, -0.1) is 0 Å². The molecular weight excluding hydrogens is 350 g/mol. The summed E-state index contributed by atoms with van der Waals surface area (Å²) in [6.45, 7) is 9.33. The SMILES string of the molecule is CCCN(c1nc2c(c(-c3c(C)cc(C)cc3C)nn2C)c(=O)n1C)C1CC1. The molecule has 1 fully saturated rings. The molecule has 2 aromatic heterocycles. The van der Waals surface area contributed by atoms with Gasteiger partial charge in [0.05, 0.1) is 0 Å². The number of fused-ring (bicyclic) bond motifs is 1. The van der Waals surface area contributed by atoms with Gasteiger partial charge in [0.2, 0.25) is 5.95 Å². The minimum Gasteiger partial charge on any atom is -0.339 e.